The Morgan fingerprint density at radius 3 is 2.70 bits per heavy atom. The molecular formula is C15H18BrN5O2. The largest absolute Gasteiger partial charge is 0.334 e. The lowest BCUT2D eigenvalue weighted by atomic mass is 10.2. The number of carbonyl (C=O) groups excluding carboxylic acids is 1. The monoisotopic (exact) mass is 379 g/mol. The second-order valence-corrected chi connectivity index (χ2v) is 6.82. The van der Waals surface area contributed by atoms with Gasteiger partial charge in [0.1, 0.15) is 12.2 Å². The predicted molar refractivity (Wildman–Crippen MR) is 90.6 cm³/mol. The van der Waals surface area contributed by atoms with E-state index in [-0.39, 0.29) is 24.1 Å². The van der Waals surface area contributed by atoms with Crippen LogP contribution < -0.4 is 10.9 Å². The van der Waals surface area contributed by atoms with E-state index >= 15 is 0 Å². The van der Waals surface area contributed by atoms with Crippen LogP contribution in [0.25, 0.3) is 0 Å². The van der Waals surface area contributed by atoms with E-state index in [1.54, 1.807) is 24.0 Å². The Morgan fingerprint density at radius 1 is 1.26 bits per heavy atom. The summed E-state index contributed by atoms with van der Waals surface area (Å²) in [6.07, 6.45) is 1.70. The van der Waals surface area contributed by atoms with E-state index in [9.17, 15) is 9.59 Å². The molecule has 2 aromatic rings. The van der Waals surface area contributed by atoms with Crippen molar-refractivity contribution in [3.63, 3.8) is 0 Å². The van der Waals surface area contributed by atoms with Gasteiger partial charge in [-0.3, -0.25) is 14.3 Å². The van der Waals surface area contributed by atoms with Crippen LogP contribution in [-0.4, -0.2) is 31.2 Å². The normalized spacial score (nSPS) is 14.3. The summed E-state index contributed by atoms with van der Waals surface area (Å²) in [5.74, 6) is 0.620. The highest BCUT2D eigenvalue weighted by Crippen LogP contribution is 2.21. The van der Waals surface area contributed by atoms with Gasteiger partial charge in [-0.1, -0.05) is 0 Å². The van der Waals surface area contributed by atoms with Gasteiger partial charge in [0.15, 0.2) is 5.82 Å². The Labute approximate surface area is 142 Å². The Balaban J connectivity index is 1.89. The molecule has 0 bridgehead atoms. The van der Waals surface area contributed by atoms with E-state index in [1.807, 2.05) is 24.8 Å². The minimum Gasteiger partial charge on any atom is -0.334 e. The Bertz CT molecular complexity index is 824. The first kappa shape index (κ1) is 15.8. The van der Waals surface area contributed by atoms with Crippen LogP contribution in [0.15, 0.2) is 27.6 Å². The number of rotatable bonds is 3. The van der Waals surface area contributed by atoms with Gasteiger partial charge in [0.05, 0.1) is 12.2 Å². The van der Waals surface area contributed by atoms with Gasteiger partial charge in [-0.05, 0) is 35.8 Å². The van der Waals surface area contributed by atoms with Crippen molar-refractivity contribution in [3.05, 3.63) is 38.9 Å². The molecule has 1 aliphatic heterocycles. The highest BCUT2D eigenvalue weighted by molar-refractivity contribution is 9.10. The van der Waals surface area contributed by atoms with Crippen molar-refractivity contribution in [3.8, 4) is 0 Å². The summed E-state index contributed by atoms with van der Waals surface area (Å²) in [6, 6.07) is 3.74. The highest BCUT2D eigenvalue weighted by atomic mass is 79.9. The zero-order valence-electron chi connectivity index (χ0n) is 13.2. The van der Waals surface area contributed by atoms with Gasteiger partial charge in [0.25, 0.3) is 5.56 Å². The topological polar surface area (TPSA) is 72.2 Å². The van der Waals surface area contributed by atoms with Gasteiger partial charge in [-0.15, -0.1) is 0 Å². The molecule has 0 fully saturated rings. The molecule has 2 aromatic heterocycles. The van der Waals surface area contributed by atoms with Crippen LogP contribution in [0.3, 0.4) is 0 Å². The number of aromatic nitrogens is 3. The summed E-state index contributed by atoms with van der Waals surface area (Å²) in [7, 11) is 1.69. The molecule has 0 aliphatic carbocycles. The van der Waals surface area contributed by atoms with Crippen LogP contribution in [-0.2, 0) is 24.9 Å². The summed E-state index contributed by atoms with van der Waals surface area (Å²) in [6.45, 7) is 4.75. The van der Waals surface area contributed by atoms with E-state index in [2.05, 4.69) is 26.3 Å². The van der Waals surface area contributed by atoms with E-state index in [1.165, 1.54) is 4.57 Å². The van der Waals surface area contributed by atoms with E-state index in [0.29, 0.717) is 18.1 Å². The fourth-order valence-electron chi connectivity index (χ4n) is 2.63. The standard InChI is InChI=1S/C15H18BrN5O2/c1-9(2)20-7-11-5-13(18-21(11)8-14(20)22)17-12-4-10(16)6-19(3)15(12)23/h4-6,9H,7-8H2,1-3H3,(H,17,18). The molecule has 7 nitrogen and oxygen atoms in total. The zero-order chi connectivity index (χ0) is 16.7. The Kier molecular flexibility index (Phi) is 4.01. The molecule has 1 aliphatic rings. The summed E-state index contributed by atoms with van der Waals surface area (Å²) >= 11 is 3.37. The van der Waals surface area contributed by atoms with Gasteiger partial charge in [0.2, 0.25) is 5.91 Å². The van der Waals surface area contributed by atoms with Crippen LogP contribution in [0.5, 0.6) is 0 Å². The van der Waals surface area contributed by atoms with E-state index in [4.69, 9.17) is 0 Å². The first-order chi connectivity index (χ1) is 10.8. The molecule has 1 amide bonds. The van der Waals surface area contributed by atoms with Crippen molar-refractivity contribution < 1.29 is 4.79 Å². The molecule has 122 valence electrons. The molecule has 0 aromatic carbocycles. The van der Waals surface area contributed by atoms with E-state index in [0.717, 1.165) is 10.2 Å². The molecule has 0 saturated carbocycles. The van der Waals surface area contributed by atoms with Crippen LogP contribution in [0, 0.1) is 0 Å². The Morgan fingerprint density at radius 2 is 2.00 bits per heavy atom. The second-order valence-electron chi connectivity index (χ2n) is 5.91. The third kappa shape index (κ3) is 3.03. The number of nitrogens with zero attached hydrogens (tertiary/aromatic N) is 4. The van der Waals surface area contributed by atoms with Gasteiger partial charge >= 0.3 is 0 Å². The maximum absolute atomic E-state index is 12.1. The minimum atomic E-state index is -0.140. The van der Waals surface area contributed by atoms with Crippen molar-refractivity contribution in [1.82, 2.24) is 19.2 Å². The number of anilines is 2. The van der Waals surface area contributed by atoms with Crippen LogP contribution in [0.1, 0.15) is 19.5 Å². The van der Waals surface area contributed by atoms with Crippen molar-refractivity contribution in [2.75, 3.05) is 5.32 Å². The number of amides is 1. The molecule has 0 unspecified atom stereocenters. The molecule has 0 spiro atoms. The van der Waals surface area contributed by atoms with Gasteiger partial charge < -0.3 is 14.8 Å². The molecule has 3 heterocycles. The quantitative estimate of drug-likeness (QED) is 0.882. The van der Waals surface area contributed by atoms with Crippen molar-refractivity contribution in [2.24, 2.45) is 7.05 Å². The summed E-state index contributed by atoms with van der Waals surface area (Å²) in [5, 5.41) is 7.43. The first-order valence-electron chi connectivity index (χ1n) is 7.34. The molecule has 3 rings (SSSR count). The molecule has 8 heteroatoms. The van der Waals surface area contributed by atoms with Crippen LogP contribution in [0.4, 0.5) is 11.5 Å². The average molecular weight is 380 g/mol. The molecular weight excluding hydrogens is 362 g/mol. The average Bonchev–Trinajstić information content (AvgIpc) is 2.84. The fourth-order valence-corrected chi connectivity index (χ4v) is 3.17. The molecule has 0 atom stereocenters. The summed E-state index contributed by atoms with van der Waals surface area (Å²) in [4.78, 5) is 26.1. The number of carbonyl (C=O) groups is 1. The first-order valence-corrected chi connectivity index (χ1v) is 8.14. The van der Waals surface area contributed by atoms with Crippen LogP contribution >= 0.6 is 15.9 Å². The third-order valence-electron chi connectivity index (χ3n) is 3.84. The summed E-state index contributed by atoms with van der Waals surface area (Å²) < 4.78 is 3.98. The fraction of sp³-hybridized carbons (Fsp3) is 0.400. The number of nitrogens with one attached hydrogen (secondary N) is 1. The number of hydrogen-bond acceptors (Lipinski definition) is 4. The predicted octanol–water partition coefficient (Wildman–Crippen LogP) is 1.84. The number of aryl methyl sites for hydroxylation is 1. The van der Waals surface area contributed by atoms with Crippen LogP contribution in [0.2, 0.25) is 0 Å². The molecule has 0 radical (unpaired) electrons. The number of fused-ring (bicyclic) bond motifs is 1. The van der Waals surface area contributed by atoms with Gasteiger partial charge in [-0.25, -0.2) is 0 Å². The third-order valence-corrected chi connectivity index (χ3v) is 4.27. The molecule has 23 heavy (non-hydrogen) atoms. The second kappa shape index (κ2) is 5.84. The maximum Gasteiger partial charge on any atom is 0.274 e. The number of halogens is 1. The lowest BCUT2D eigenvalue weighted by Crippen LogP contribution is -2.43. The van der Waals surface area contributed by atoms with Crippen molar-refractivity contribution >= 4 is 33.3 Å². The number of pyridine rings is 1. The maximum atomic E-state index is 12.1. The van der Waals surface area contributed by atoms with Gasteiger partial charge in [-0.2, -0.15) is 5.10 Å². The molecule has 1 N–H and O–H groups in total. The lowest BCUT2D eigenvalue weighted by molar-refractivity contribution is -0.136. The van der Waals surface area contributed by atoms with Gasteiger partial charge in [0, 0.05) is 29.8 Å². The summed E-state index contributed by atoms with van der Waals surface area (Å²) in [5.41, 5.74) is 1.25. The van der Waals surface area contributed by atoms with E-state index < -0.39 is 0 Å². The Hall–Kier alpha value is -2.09. The molecule has 0 saturated heterocycles. The number of hydrogen-bond donors (Lipinski definition) is 1. The SMILES string of the molecule is CC(C)N1Cc2cc(Nc3cc(Br)cn(C)c3=O)nn2CC1=O. The minimum absolute atomic E-state index is 0.0560. The van der Waals surface area contributed by atoms with Crippen molar-refractivity contribution in [2.45, 2.75) is 33.0 Å². The smallest absolute Gasteiger partial charge is 0.274 e. The zero-order valence-corrected chi connectivity index (χ0v) is 14.8. The van der Waals surface area contributed by atoms with Crippen molar-refractivity contribution in [1.29, 1.82) is 0 Å². The lowest BCUT2D eigenvalue weighted by Gasteiger charge is -2.30. The highest BCUT2D eigenvalue weighted by Gasteiger charge is 2.26.